The number of fused-ring (bicyclic) bond motifs is 3. The van der Waals surface area contributed by atoms with Crippen LogP contribution < -0.4 is 5.56 Å². The van der Waals surface area contributed by atoms with Crippen molar-refractivity contribution in [2.24, 2.45) is 0 Å². The number of aromatic nitrogens is 2. The lowest BCUT2D eigenvalue weighted by Gasteiger charge is -2.18. The van der Waals surface area contributed by atoms with Crippen LogP contribution in [0.1, 0.15) is 28.5 Å². The molecule has 3 aromatic rings. The van der Waals surface area contributed by atoms with Gasteiger partial charge in [0.05, 0.1) is 5.69 Å². The van der Waals surface area contributed by atoms with Gasteiger partial charge in [0.15, 0.2) is 5.56 Å². The Morgan fingerprint density at radius 3 is 2.71 bits per heavy atom. The summed E-state index contributed by atoms with van der Waals surface area (Å²) < 4.78 is 2.32. The van der Waals surface area contributed by atoms with Gasteiger partial charge < -0.3 is 24.7 Å². The molecule has 0 saturated heterocycles. The average Bonchev–Trinajstić information content (AvgIpc) is 3.18. The number of nitrogens with zero attached hydrogens (tertiary/aromatic N) is 2. The molecule has 1 aliphatic heterocycles. The summed E-state index contributed by atoms with van der Waals surface area (Å²) in [6, 6.07) is 8.56. The third kappa shape index (κ3) is 2.70. The van der Waals surface area contributed by atoms with Crippen molar-refractivity contribution in [1.29, 1.82) is 0 Å². The number of carboxylic acids is 1. The molecule has 1 aromatic carbocycles. The highest BCUT2D eigenvalue weighted by Crippen LogP contribution is 2.34. The summed E-state index contributed by atoms with van der Waals surface area (Å²) in [5.74, 6) is -1.89. The second kappa shape index (κ2) is 6.53. The SMILES string of the molecule is CCc1c(-c2ccc3c(c2)cc2n3CC(N(C)C)C2)[nH]c(=O)c(C(=O)O)c1O. The second-order valence-electron chi connectivity index (χ2n) is 7.53. The molecule has 7 heteroatoms. The molecule has 0 spiro atoms. The average molecular weight is 381 g/mol. The maximum atomic E-state index is 12.2. The van der Waals surface area contributed by atoms with Crippen LogP contribution in [0.3, 0.4) is 0 Å². The standard InChI is InChI=1S/C21H23N3O4/c1-4-15-18(22-20(26)17(19(15)25)21(27)28)11-5-6-16-12(7-11)8-13-9-14(23(2)3)10-24(13)16/h5-8,14H,4,9-10H2,1-3H3,(H,27,28)(H2,22,25,26). The maximum Gasteiger partial charge on any atom is 0.345 e. The topological polar surface area (TPSA) is 98.6 Å². The van der Waals surface area contributed by atoms with Gasteiger partial charge in [0, 0.05) is 41.2 Å². The third-order valence-electron chi connectivity index (χ3n) is 5.70. The number of benzene rings is 1. The largest absolute Gasteiger partial charge is 0.506 e. The molecule has 0 amide bonds. The number of nitrogens with one attached hydrogen (secondary N) is 1. The number of carbonyl (C=O) groups is 1. The van der Waals surface area contributed by atoms with Crippen molar-refractivity contribution in [2.75, 3.05) is 14.1 Å². The molecule has 4 rings (SSSR count). The minimum absolute atomic E-state index is 0.396. The summed E-state index contributed by atoms with van der Waals surface area (Å²) in [6.45, 7) is 2.76. The van der Waals surface area contributed by atoms with Crippen molar-refractivity contribution >= 4 is 16.9 Å². The minimum Gasteiger partial charge on any atom is -0.506 e. The van der Waals surface area contributed by atoms with E-state index >= 15 is 0 Å². The fourth-order valence-electron chi connectivity index (χ4n) is 4.15. The molecule has 0 fully saturated rings. The molecule has 1 aliphatic rings. The van der Waals surface area contributed by atoms with Crippen LogP contribution in [0.15, 0.2) is 29.1 Å². The van der Waals surface area contributed by atoms with Gasteiger partial charge in [-0.25, -0.2) is 4.79 Å². The second-order valence-corrected chi connectivity index (χ2v) is 7.53. The lowest BCUT2D eigenvalue weighted by Crippen LogP contribution is -2.28. The van der Waals surface area contributed by atoms with Crippen molar-refractivity contribution in [3.8, 4) is 17.0 Å². The van der Waals surface area contributed by atoms with E-state index in [-0.39, 0.29) is 0 Å². The fraction of sp³-hybridized carbons (Fsp3) is 0.333. The lowest BCUT2D eigenvalue weighted by molar-refractivity contribution is 0.0691. The number of likely N-dealkylation sites (N-methyl/N-ethyl adjacent to an activating group) is 1. The lowest BCUT2D eigenvalue weighted by atomic mass is 9.99. The van der Waals surface area contributed by atoms with E-state index in [1.807, 2.05) is 25.1 Å². The summed E-state index contributed by atoms with van der Waals surface area (Å²) in [7, 11) is 4.18. The molecule has 0 saturated carbocycles. The number of hydrogen-bond acceptors (Lipinski definition) is 4. The third-order valence-corrected chi connectivity index (χ3v) is 5.70. The predicted octanol–water partition coefficient (Wildman–Crippen LogP) is 2.45. The van der Waals surface area contributed by atoms with E-state index in [0.717, 1.165) is 29.4 Å². The first-order chi connectivity index (χ1) is 13.3. The number of aromatic hydroxyl groups is 1. The smallest absolute Gasteiger partial charge is 0.345 e. The summed E-state index contributed by atoms with van der Waals surface area (Å²) in [6.07, 6.45) is 1.38. The minimum atomic E-state index is -1.44. The molecule has 3 N–H and O–H groups in total. The Hall–Kier alpha value is -3.06. The van der Waals surface area contributed by atoms with Crippen molar-refractivity contribution in [2.45, 2.75) is 32.4 Å². The van der Waals surface area contributed by atoms with Gasteiger partial charge in [0.2, 0.25) is 0 Å². The van der Waals surface area contributed by atoms with Crippen LogP contribution in [0.25, 0.3) is 22.2 Å². The van der Waals surface area contributed by atoms with Crippen molar-refractivity contribution in [3.05, 3.63) is 51.4 Å². The molecule has 1 atom stereocenters. The zero-order valence-corrected chi connectivity index (χ0v) is 16.1. The van der Waals surface area contributed by atoms with E-state index in [4.69, 9.17) is 0 Å². The van der Waals surface area contributed by atoms with Crippen molar-refractivity contribution < 1.29 is 15.0 Å². The van der Waals surface area contributed by atoms with Crippen molar-refractivity contribution in [1.82, 2.24) is 14.5 Å². The number of pyridine rings is 1. The number of hydrogen-bond donors (Lipinski definition) is 3. The molecule has 2 aromatic heterocycles. The van der Waals surface area contributed by atoms with Gasteiger partial charge in [-0.05, 0) is 44.3 Å². The molecule has 146 valence electrons. The zero-order valence-electron chi connectivity index (χ0n) is 16.1. The molecular formula is C21H23N3O4. The van der Waals surface area contributed by atoms with Gasteiger partial charge in [-0.1, -0.05) is 13.0 Å². The molecule has 3 heterocycles. The van der Waals surface area contributed by atoms with Crippen LogP contribution in [0.2, 0.25) is 0 Å². The fourth-order valence-corrected chi connectivity index (χ4v) is 4.15. The highest BCUT2D eigenvalue weighted by molar-refractivity contribution is 5.92. The van der Waals surface area contributed by atoms with Gasteiger partial charge >= 0.3 is 5.97 Å². The number of aromatic carboxylic acids is 1. The van der Waals surface area contributed by atoms with E-state index in [1.165, 1.54) is 5.69 Å². The Bertz CT molecular complexity index is 1160. The maximum absolute atomic E-state index is 12.2. The van der Waals surface area contributed by atoms with Gasteiger partial charge in [-0.2, -0.15) is 0 Å². The molecular weight excluding hydrogens is 358 g/mol. The van der Waals surface area contributed by atoms with Gasteiger partial charge in [0.25, 0.3) is 5.56 Å². The molecule has 0 radical (unpaired) electrons. The van der Waals surface area contributed by atoms with Gasteiger partial charge in [0.1, 0.15) is 5.75 Å². The molecule has 0 bridgehead atoms. The number of rotatable bonds is 4. The first kappa shape index (κ1) is 18.3. The first-order valence-electron chi connectivity index (χ1n) is 9.32. The Morgan fingerprint density at radius 2 is 2.07 bits per heavy atom. The Morgan fingerprint density at radius 1 is 1.32 bits per heavy atom. The van der Waals surface area contributed by atoms with E-state index < -0.39 is 22.8 Å². The van der Waals surface area contributed by atoms with Crippen LogP contribution in [-0.4, -0.2) is 50.8 Å². The summed E-state index contributed by atoms with van der Waals surface area (Å²) in [4.78, 5) is 28.4. The van der Waals surface area contributed by atoms with Gasteiger partial charge in [-0.15, -0.1) is 0 Å². The van der Waals surface area contributed by atoms with Gasteiger partial charge in [-0.3, -0.25) is 4.79 Å². The van der Waals surface area contributed by atoms with Crippen LogP contribution in [0.4, 0.5) is 0 Å². The number of H-pyrrole nitrogens is 1. The number of aromatic amines is 1. The van der Waals surface area contributed by atoms with E-state index in [1.54, 1.807) is 0 Å². The molecule has 1 unspecified atom stereocenters. The predicted molar refractivity (Wildman–Crippen MR) is 107 cm³/mol. The Labute approximate surface area is 161 Å². The quantitative estimate of drug-likeness (QED) is 0.645. The monoisotopic (exact) mass is 381 g/mol. The highest BCUT2D eigenvalue weighted by atomic mass is 16.4. The Kier molecular flexibility index (Phi) is 4.27. The van der Waals surface area contributed by atoms with E-state index in [9.17, 15) is 19.8 Å². The first-order valence-corrected chi connectivity index (χ1v) is 9.32. The van der Waals surface area contributed by atoms with E-state index in [0.29, 0.717) is 23.7 Å². The molecule has 28 heavy (non-hydrogen) atoms. The molecule has 7 nitrogen and oxygen atoms in total. The molecule has 0 aliphatic carbocycles. The van der Waals surface area contributed by atoms with Crippen molar-refractivity contribution in [3.63, 3.8) is 0 Å². The zero-order chi connectivity index (χ0) is 20.2. The van der Waals surface area contributed by atoms with Crippen LogP contribution in [-0.2, 0) is 19.4 Å². The summed E-state index contributed by atoms with van der Waals surface area (Å²) >= 11 is 0. The Balaban J connectivity index is 1.84. The van der Waals surface area contributed by atoms with Crippen LogP contribution >= 0.6 is 0 Å². The highest BCUT2D eigenvalue weighted by Gasteiger charge is 2.26. The summed E-state index contributed by atoms with van der Waals surface area (Å²) in [5, 5.41) is 20.6. The summed E-state index contributed by atoms with van der Waals surface area (Å²) in [5.41, 5.74) is 2.64. The number of carboxylic acid groups (broad SMARTS) is 1. The normalized spacial score (nSPS) is 16.1. The van der Waals surface area contributed by atoms with Crippen LogP contribution in [0.5, 0.6) is 5.75 Å². The van der Waals surface area contributed by atoms with Crippen LogP contribution in [0, 0.1) is 0 Å². The van der Waals surface area contributed by atoms with E-state index in [2.05, 4.69) is 34.6 Å².